The number of benzene rings is 2. The molecule has 4 aliphatic carbocycles. The quantitative estimate of drug-likeness (QED) is 0.143. The molecule has 0 aliphatic heterocycles. The van der Waals surface area contributed by atoms with Crippen molar-refractivity contribution in [3.63, 3.8) is 0 Å². The van der Waals surface area contributed by atoms with Crippen LogP contribution in [0.3, 0.4) is 0 Å². The third-order valence-corrected chi connectivity index (χ3v) is 10.8. The molecule has 12 nitrogen and oxygen atoms in total. The van der Waals surface area contributed by atoms with Crippen LogP contribution in [-0.2, 0) is 36.8 Å². The molecule has 0 heterocycles. The molecule has 4 aliphatic rings. The average molecular weight is 693 g/mol. The van der Waals surface area contributed by atoms with E-state index in [-0.39, 0.29) is 30.0 Å². The van der Waals surface area contributed by atoms with Crippen molar-refractivity contribution < 1.29 is 29.1 Å². The predicted octanol–water partition coefficient (Wildman–Crippen LogP) is 1.28. The zero-order chi connectivity index (χ0) is 35.2. The van der Waals surface area contributed by atoms with Crippen molar-refractivity contribution >= 4 is 41.3 Å². The molecule has 4 fully saturated rings. The Morgan fingerprint density at radius 1 is 0.857 bits per heavy atom. The second kappa shape index (κ2) is 15.7. The van der Waals surface area contributed by atoms with Crippen LogP contribution in [0.5, 0.6) is 5.75 Å². The number of carbonyl (C=O) groups is 5. The monoisotopic (exact) mass is 692 g/mol. The molecule has 5 atom stereocenters. The fourth-order valence-corrected chi connectivity index (χ4v) is 8.76. The second-order valence-corrected chi connectivity index (χ2v) is 15.3. The standard InChI is InChI=1S/C36H48N6O6S/c1-49-12-11-28(41-31(45)27(37)14-23-7-9-26(43)10-8-23)32(46)39-20-30(44)40-29(15-22-5-3-2-4-6-22)33(47)42-34(48)35-16-24-13-25(17-35)19-36(38,18-24)21-35/h2-10,24-25,27-29,43H,11-21,37-38H2,1H3,(H,39,46)(H,40,44)(H,41,45)(H,42,47,48)/t24?,25?,27-,28+,29-,35?,36?/m0/s1. The van der Waals surface area contributed by atoms with Gasteiger partial charge >= 0.3 is 0 Å². The van der Waals surface area contributed by atoms with E-state index in [1.807, 2.05) is 36.6 Å². The van der Waals surface area contributed by atoms with Gasteiger partial charge in [-0.05, 0) is 98.5 Å². The van der Waals surface area contributed by atoms with Crippen LogP contribution in [0.25, 0.3) is 0 Å². The van der Waals surface area contributed by atoms with Gasteiger partial charge < -0.3 is 32.5 Å². The van der Waals surface area contributed by atoms with Gasteiger partial charge in [0.1, 0.15) is 17.8 Å². The Balaban J connectivity index is 1.18. The Morgan fingerprint density at radius 2 is 1.51 bits per heavy atom. The number of rotatable bonds is 15. The second-order valence-electron chi connectivity index (χ2n) is 14.3. The van der Waals surface area contributed by atoms with Crippen molar-refractivity contribution in [3.8, 4) is 5.75 Å². The Hall–Kier alpha value is -3.94. The fourth-order valence-electron chi connectivity index (χ4n) is 8.29. The lowest BCUT2D eigenvalue weighted by molar-refractivity contribution is -0.151. The van der Waals surface area contributed by atoms with Crippen molar-refractivity contribution in [2.24, 2.45) is 28.7 Å². The molecule has 2 aromatic rings. The van der Waals surface area contributed by atoms with Crippen molar-refractivity contribution in [1.29, 1.82) is 0 Å². The van der Waals surface area contributed by atoms with Gasteiger partial charge in [-0.2, -0.15) is 11.8 Å². The molecule has 13 heteroatoms. The number of hydrogen-bond acceptors (Lipinski definition) is 9. The van der Waals surface area contributed by atoms with Crippen LogP contribution in [-0.4, -0.2) is 76.9 Å². The molecule has 0 radical (unpaired) electrons. The summed E-state index contributed by atoms with van der Waals surface area (Å²) in [5.74, 6) is -1.20. The third-order valence-electron chi connectivity index (χ3n) is 10.2. The van der Waals surface area contributed by atoms with Gasteiger partial charge in [-0.3, -0.25) is 29.3 Å². The van der Waals surface area contributed by atoms with Crippen LogP contribution in [0.1, 0.15) is 56.1 Å². The first-order chi connectivity index (χ1) is 23.4. The van der Waals surface area contributed by atoms with Gasteiger partial charge in [0.15, 0.2) is 0 Å². The SMILES string of the molecule is CSCC[C@@H](NC(=O)[C@@H](N)Cc1ccc(O)cc1)C(=O)NCC(=O)N[C@@H](Cc1ccccc1)C(=O)NC(=O)C12CC3CC(CC(N)(C3)C1)C2. The van der Waals surface area contributed by atoms with Crippen LogP contribution < -0.4 is 32.7 Å². The van der Waals surface area contributed by atoms with Crippen LogP contribution in [0.4, 0.5) is 0 Å². The summed E-state index contributed by atoms with van der Waals surface area (Å²) in [4.78, 5) is 66.6. The van der Waals surface area contributed by atoms with Gasteiger partial charge in [-0.25, -0.2) is 0 Å². The van der Waals surface area contributed by atoms with Gasteiger partial charge in [0.05, 0.1) is 18.0 Å². The van der Waals surface area contributed by atoms with Crippen molar-refractivity contribution in [3.05, 3.63) is 65.7 Å². The number of thioether (sulfide) groups is 1. The fraction of sp³-hybridized carbons (Fsp3) is 0.528. The van der Waals surface area contributed by atoms with Gasteiger partial charge in [0.2, 0.25) is 29.5 Å². The summed E-state index contributed by atoms with van der Waals surface area (Å²) in [6.07, 6.45) is 7.44. The Labute approximate surface area is 291 Å². The van der Waals surface area contributed by atoms with E-state index < -0.39 is 53.7 Å². The number of nitrogens with one attached hydrogen (secondary N) is 4. The van der Waals surface area contributed by atoms with E-state index in [4.69, 9.17) is 11.5 Å². The third kappa shape index (κ3) is 9.40. The van der Waals surface area contributed by atoms with Crippen molar-refractivity contribution in [2.45, 2.75) is 81.5 Å². The number of amides is 5. The molecule has 4 bridgehead atoms. The predicted molar refractivity (Wildman–Crippen MR) is 187 cm³/mol. The Kier molecular flexibility index (Phi) is 11.7. The highest BCUT2D eigenvalue weighted by Gasteiger charge is 2.59. The van der Waals surface area contributed by atoms with E-state index in [0.29, 0.717) is 30.4 Å². The van der Waals surface area contributed by atoms with Gasteiger partial charge in [0.25, 0.3) is 0 Å². The van der Waals surface area contributed by atoms with E-state index >= 15 is 0 Å². The first-order valence-corrected chi connectivity index (χ1v) is 18.3. The average Bonchev–Trinajstić information content (AvgIpc) is 3.05. The normalized spacial score (nSPS) is 25.4. The van der Waals surface area contributed by atoms with E-state index in [1.54, 1.807) is 12.1 Å². The molecule has 4 saturated carbocycles. The summed E-state index contributed by atoms with van der Waals surface area (Å²) in [6, 6.07) is 12.6. The lowest BCUT2D eigenvalue weighted by Gasteiger charge is -2.60. The van der Waals surface area contributed by atoms with Crippen molar-refractivity contribution in [2.75, 3.05) is 18.6 Å². The summed E-state index contributed by atoms with van der Waals surface area (Å²) in [7, 11) is 0. The highest BCUT2D eigenvalue weighted by molar-refractivity contribution is 7.98. The minimum absolute atomic E-state index is 0.0997. The minimum Gasteiger partial charge on any atom is -0.508 e. The zero-order valence-electron chi connectivity index (χ0n) is 27.9. The van der Waals surface area contributed by atoms with Crippen LogP contribution in [0, 0.1) is 17.3 Å². The molecule has 2 unspecified atom stereocenters. The molecule has 9 N–H and O–H groups in total. The summed E-state index contributed by atoms with van der Waals surface area (Å²) >= 11 is 1.50. The highest BCUT2D eigenvalue weighted by Crippen LogP contribution is 2.60. The number of phenols is 1. The largest absolute Gasteiger partial charge is 0.508 e. The summed E-state index contributed by atoms with van der Waals surface area (Å²) in [6.45, 7) is -0.445. The molecule has 2 aromatic carbocycles. The van der Waals surface area contributed by atoms with E-state index in [0.717, 1.165) is 43.2 Å². The number of aromatic hydroxyl groups is 1. The van der Waals surface area contributed by atoms with Crippen molar-refractivity contribution in [1.82, 2.24) is 21.3 Å². The Morgan fingerprint density at radius 3 is 2.14 bits per heavy atom. The van der Waals surface area contributed by atoms with Gasteiger partial charge in [0, 0.05) is 12.0 Å². The van der Waals surface area contributed by atoms with E-state index in [2.05, 4.69) is 21.3 Å². The van der Waals surface area contributed by atoms with E-state index in [9.17, 15) is 29.1 Å². The topological polar surface area (TPSA) is 206 Å². The highest BCUT2D eigenvalue weighted by atomic mass is 32.2. The molecule has 0 aromatic heterocycles. The summed E-state index contributed by atoms with van der Waals surface area (Å²) < 4.78 is 0. The molecule has 0 saturated heterocycles. The zero-order valence-corrected chi connectivity index (χ0v) is 28.7. The molecule has 5 amide bonds. The van der Waals surface area contributed by atoms with Crippen LogP contribution in [0.15, 0.2) is 54.6 Å². The van der Waals surface area contributed by atoms with Crippen LogP contribution >= 0.6 is 11.8 Å². The molecule has 264 valence electrons. The number of carbonyl (C=O) groups excluding carboxylic acids is 5. The molecule has 0 spiro atoms. The molecular formula is C36H48N6O6S. The number of nitrogens with two attached hydrogens (primary N) is 2. The van der Waals surface area contributed by atoms with Gasteiger partial charge in [-0.1, -0.05) is 42.5 Å². The Bertz CT molecular complexity index is 1510. The first kappa shape index (κ1) is 36.3. The number of imide groups is 1. The number of hydrogen-bond donors (Lipinski definition) is 7. The minimum atomic E-state index is -1.07. The number of phenolic OH excluding ortho intramolecular Hbond substituents is 1. The lowest BCUT2D eigenvalue weighted by Crippen LogP contribution is -2.64. The molecule has 6 rings (SSSR count). The lowest BCUT2D eigenvalue weighted by atomic mass is 9.47. The summed E-state index contributed by atoms with van der Waals surface area (Å²) in [5, 5.41) is 20.1. The summed E-state index contributed by atoms with van der Waals surface area (Å²) in [5.41, 5.74) is 13.3. The van der Waals surface area contributed by atoms with E-state index in [1.165, 1.54) is 23.9 Å². The smallest absolute Gasteiger partial charge is 0.249 e. The molecule has 49 heavy (non-hydrogen) atoms. The van der Waals surface area contributed by atoms with Gasteiger partial charge in [-0.15, -0.1) is 0 Å². The van der Waals surface area contributed by atoms with Crippen LogP contribution in [0.2, 0.25) is 0 Å². The maximum Gasteiger partial charge on any atom is 0.249 e. The maximum absolute atomic E-state index is 13.7. The maximum atomic E-state index is 13.7. The molecular weight excluding hydrogens is 644 g/mol. The first-order valence-electron chi connectivity index (χ1n) is 16.9.